The van der Waals surface area contributed by atoms with Gasteiger partial charge in [-0.2, -0.15) is 0 Å². The third kappa shape index (κ3) is 5.95. The molecule has 2 N–H and O–H groups in total. The van der Waals surface area contributed by atoms with Crippen molar-refractivity contribution in [1.29, 1.82) is 0 Å². The first-order chi connectivity index (χ1) is 13.7. The molecule has 3 rings (SSSR count). The minimum Gasteiger partial charge on any atom is -0.357 e. The summed E-state index contributed by atoms with van der Waals surface area (Å²) in [7, 11) is 0. The molecule has 2 heterocycles. The van der Waals surface area contributed by atoms with Gasteiger partial charge in [0, 0.05) is 50.1 Å². The van der Waals surface area contributed by atoms with Crippen molar-refractivity contribution in [1.82, 2.24) is 20.4 Å². The van der Waals surface area contributed by atoms with Crippen LogP contribution in [0.3, 0.4) is 0 Å². The number of carbonyl (C=O) groups excluding carboxylic acids is 1. The number of carbonyl (C=O) groups is 1. The maximum absolute atomic E-state index is 12.6. The Morgan fingerprint density at radius 1 is 1.29 bits per heavy atom. The number of rotatable bonds is 7. The second kappa shape index (κ2) is 10.8. The van der Waals surface area contributed by atoms with E-state index >= 15 is 0 Å². The van der Waals surface area contributed by atoms with Gasteiger partial charge < -0.3 is 15.5 Å². The van der Waals surface area contributed by atoms with Crippen molar-refractivity contribution in [3.8, 4) is 0 Å². The molecule has 0 spiro atoms. The van der Waals surface area contributed by atoms with Crippen LogP contribution in [0.5, 0.6) is 0 Å². The van der Waals surface area contributed by atoms with Crippen LogP contribution < -0.4 is 10.6 Å². The van der Waals surface area contributed by atoms with E-state index in [0.29, 0.717) is 11.8 Å². The minimum absolute atomic E-state index is 0.253. The van der Waals surface area contributed by atoms with Crippen molar-refractivity contribution in [2.24, 2.45) is 10.9 Å². The average molecular weight is 406 g/mol. The standard InChI is InChI=1S/C21H35N5OS/c1-3-22-21(24-17(2)19-9-6-16-28-19)23-10-11-25-12-14-26(15-13-25)20(27)18-7-4-5-8-18/h6,9,16-18H,3-5,7-8,10-15H2,1-2H3,(H2,22,23,24). The van der Waals surface area contributed by atoms with Gasteiger partial charge in [0.15, 0.2) is 5.96 Å². The number of nitrogens with one attached hydrogen (secondary N) is 2. The van der Waals surface area contributed by atoms with Gasteiger partial charge in [-0.05, 0) is 38.1 Å². The molecule has 28 heavy (non-hydrogen) atoms. The summed E-state index contributed by atoms with van der Waals surface area (Å²) in [5.41, 5.74) is 0. The normalized spacial score (nSPS) is 20.4. The molecule has 1 amide bonds. The van der Waals surface area contributed by atoms with Gasteiger partial charge in [-0.3, -0.25) is 14.7 Å². The van der Waals surface area contributed by atoms with E-state index in [2.05, 4.69) is 51.8 Å². The fourth-order valence-corrected chi connectivity index (χ4v) is 4.79. The second-order valence-electron chi connectivity index (χ2n) is 7.79. The number of hydrogen-bond donors (Lipinski definition) is 2. The number of guanidine groups is 1. The number of hydrogen-bond acceptors (Lipinski definition) is 4. The highest BCUT2D eigenvalue weighted by molar-refractivity contribution is 7.10. The second-order valence-corrected chi connectivity index (χ2v) is 8.77. The molecule has 6 nitrogen and oxygen atoms in total. The van der Waals surface area contributed by atoms with Gasteiger partial charge in [0.2, 0.25) is 5.91 Å². The van der Waals surface area contributed by atoms with E-state index in [-0.39, 0.29) is 6.04 Å². The summed E-state index contributed by atoms with van der Waals surface area (Å²) in [6.07, 6.45) is 4.64. The summed E-state index contributed by atoms with van der Waals surface area (Å²) >= 11 is 1.76. The monoisotopic (exact) mass is 405 g/mol. The van der Waals surface area contributed by atoms with Gasteiger partial charge in [-0.1, -0.05) is 18.9 Å². The van der Waals surface area contributed by atoms with Gasteiger partial charge in [0.1, 0.15) is 0 Å². The summed E-state index contributed by atoms with van der Waals surface area (Å²) in [5.74, 6) is 1.57. The van der Waals surface area contributed by atoms with Gasteiger partial charge in [0.05, 0.1) is 12.6 Å². The lowest BCUT2D eigenvalue weighted by molar-refractivity contribution is -0.137. The van der Waals surface area contributed by atoms with Crippen LogP contribution in [0.25, 0.3) is 0 Å². The quantitative estimate of drug-likeness (QED) is 0.541. The van der Waals surface area contributed by atoms with Crippen LogP contribution in [0, 0.1) is 5.92 Å². The number of thiophene rings is 1. The van der Waals surface area contributed by atoms with Gasteiger partial charge >= 0.3 is 0 Å². The summed E-state index contributed by atoms with van der Waals surface area (Å²) < 4.78 is 0. The molecule has 0 aromatic carbocycles. The molecule has 1 unspecified atom stereocenters. The van der Waals surface area contributed by atoms with Crippen molar-refractivity contribution in [2.75, 3.05) is 45.8 Å². The van der Waals surface area contributed by atoms with E-state index in [1.54, 1.807) is 11.3 Å². The summed E-state index contributed by atoms with van der Waals surface area (Å²) in [4.78, 5) is 23.1. The lowest BCUT2D eigenvalue weighted by atomic mass is 10.1. The molecule has 1 aromatic rings. The summed E-state index contributed by atoms with van der Waals surface area (Å²) in [5, 5.41) is 8.93. The number of amides is 1. The van der Waals surface area contributed by atoms with Crippen molar-refractivity contribution in [2.45, 2.75) is 45.6 Å². The topological polar surface area (TPSA) is 60.0 Å². The first-order valence-corrected chi connectivity index (χ1v) is 11.6. The SMILES string of the molecule is CCNC(=NCCN1CCN(C(=O)C2CCCC2)CC1)NC(C)c1cccs1. The smallest absolute Gasteiger partial charge is 0.225 e. The number of aliphatic imine (C=N–C) groups is 1. The predicted molar refractivity (Wildman–Crippen MR) is 117 cm³/mol. The van der Waals surface area contributed by atoms with E-state index in [1.807, 2.05) is 0 Å². The van der Waals surface area contributed by atoms with Gasteiger partial charge in [-0.15, -0.1) is 11.3 Å². The lowest BCUT2D eigenvalue weighted by Crippen LogP contribution is -2.50. The van der Waals surface area contributed by atoms with E-state index in [1.165, 1.54) is 17.7 Å². The molecule has 1 aromatic heterocycles. The van der Waals surface area contributed by atoms with Gasteiger partial charge in [-0.25, -0.2) is 0 Å². The third-order valence-electron chi connectivity index (χ3n) is 5.74. The zero-order chi connectivity index (χ0) is 19.8. The van der Waals surface area contributed by atoms with Crippen LogP contribution in [-0.4, -0.2) is 67.5 Å². The molecular formula is C21H35N5OS. The van der Waals surface area contributed by atoms with Crippen molar-refractivity contribution < 1.29 is 4.79 Å². The van der Waals surface area contributed by atoms with E-state index < -0.39 is 0 Å². The van der Waals surface area contributed by atoms with E-state index in [0.717, 1.165) is 64.6 Å². The molecular weight excluding hydrogens is 370 g/mol. The lowest BCUT2D eigenvalue weighted by Gasteiger charge is -2.35. The minimum atomic E-state index is 0.253. The van der Waals surface area contributed by atoms with Crippen LogP contribution in [0.2, 0.25) is 0 Å². The zero-order valence-corrected chi connectivity index (χ0v) is 18.1. The number of nitrogens with zero attached hydrogens (tertiary/aromatic N) is 3. The molecule has 156 valence electrons. The maximum Gasteiger partial charge on any atom is 0.225 e. The molecule has 0 radical (unpaired) electrons. The largest absolute Gasteiger partial charge is 0.357 e. The third-order valence-corrected chi connectivity index (χ3v) is 6.80. The molecule has 1 saturated carbocycles. The van der Waals surface area contributed by atoms with E-state index in [4.69, 9.17) is 4.99 Å². The Morgan fingerprint density at radius 3 is 2.68 bits per heavy atom. The van der Waals surface area contributed by atoms with Crippen molar-refractivity contribution in [3.63, 3.8) is 0 Å². The highest BCUT2D eigenvalue weighted by Crippen LogP contribution is 2.26. The fraction of sp³-hybridized carbons (Fsp3) is 0.714. The fourth-order valence-electron chi connectivity index (χ4n) is 4.06. The molecule has 1 aliphatic carbocycles. The van der Waals surface area contributed by atoms with E-state index in [9.17, 15) is 4.79 Å². The Bertz CT molecular complexity index is 619. The molecule has 2 aliphatic rings. The Balaban J connectivity index is 1.40. The molecule has 1 aliphatic heterocycles. The Labute approximate surface area is 173 Å². The summed E-state index contributed by atoms with van der Waals surface area (Å²) in [6, 6.07) is 4.49. The van der Waals surface area contributed by atoms with Gasteiger partial charge in [0.25, 0.3) is 0 Å². The Morgan fingerprint density at radius 2 is 2.04 bits per heavy atom. The van der Waals surface area contributed by atoms with Crippen LogP contribution >= 0.6 is 11.3 Å². The molecule has 1 atom stereocenters. The predicted octanol–water partition coefficient (Wildman–Crippen LogP) is 2.70. The Kier molecular flexibility index (Phi) is 8.15. The van der Waals surface area contributed by atoms with Crippen LogP contribution in [-0.2, 0) is 4.79 Å². The number of piperazine rings is 1. The highest BCUT2D eigenvalue weighted by atomic mass is 32.1. The Hall–Kier alpha value is -1.60. The average Bonchev–Trinajstić information content (AvgIpc) is 3.42. The molecule has 2 fully saturated rings. The van der Waals surface area contributed by atoms with Crippen molar-refractivity contribution in [3.05, 3.63) is 22.4 Å². The maximum atomic E-state index is 12.6. The summed E-state index contributed by atoms with van der Waals surface area (Å²) in [6.45, 7) is 10.5. The first-order valence-electron chi connectivity index (χ1n) is 10.8. The zero-order valence-electron chi connectivity index (χ0n) is 17.3. The van der Waals surface area contributed by atoms with Crippen LogP contribution in [0.15, 0.2) is 22.5 Å². The van der Waals surface area contributed by atoms with Crippen LogP contribution in [0.1, 0.15) is 50.4 Å². The van der Waals surface area contributed by atoms with Crippen molar-refractivity contribution >= 4 is 23.2 Å². The first kappa shape index (κ1) is 21.1. The molecule has 7 heteroatoms. The highest BCUT2D eigenvalue weighted by Gasteiger charge is 2.29. The molecule has 0 bridgehead atoms. The molecule has 1 saturated heterocycles. The van der Waals surface area contributed by atoms with Crippen LogP contribution in [0.4, 0.5) is 0 Å².